The van der Waals surface area contributed by atoms with Gasteiger partial charge in [0.05, 0.1) is 0 Å². The summed E-state index contributed by atoms with van der Waals surface area (Å²) in [7, 11) is 0. The molecule has 0 unspecified atom stereocenters. The van der Waals surface area contributed by atoms with Crippen LogP contribution in [0, 0.1) is 22.7 Å². The maximum Gasteiger partial charge on any atom is 0.139 e. The van der Waals surface area contributed by atoms with Gasteiger partial charge in [0, 0.05) is 17.3 Å². The van der Waals surface area contributed by atoms with E-state index in [0.29, 0.717) is 17.6 Å². The van der Waals surface area contributed by atoms with Crippen LogP contribution in [0.1, 0.15) is 58.8 Å². The number of fused-ring (bicyclic) bond motifs is 5. The van der Waals surface area contributed by atoms with E-state index in [9.17, 15) is 4.79 Å². The van der Waals surface area contributed by atoms with Crippen molar-refractivity contribution in [3.8, 4) is 0 Å². The fraction of sp³-hybridized carbons (Fsp3) is 0.650. The van der Waals surface area contributed by atoms with Crippen LogP contribution in [-0.2, 0) is 4.79 Å². The summed E-state index contributed by atoms with van der Waals surface area (Å²) in [5.74, 6) is 1.72. The van der Waals surface area contributed by atoms with Gasteiger partial charge in [-0.25, -0.2) is 0 Å². The molecule has 0 amide bonds. The Bertz CT molecular complexity index is 593. The number of allylic oxidation sites excluding steroid dienone is 5. The summed E-state index contributed by atoms with van der Waals surface area (Å²) in [6.07, 6.45) is 12.5. The minimum absolute atomic E-state index is 0.0614. The van der Waals surface area contributed by atoms with Gasteiger partial charge in [-0.3, -0.25) is 4.79 Å². The Balaban J connectivity index is 1.77. The Labute approximate surface area is 128 Å². The van der Waals surface area contributed by atoms with Crippen LogP contribution in [0.3, 0.4) is 0 Å². The summed E-state index contributed by atoms with van der Waals surface area (Å²) in [6.45, 7) is 8.88. The second-order valence-electron chi connectivity index (χ2n) is 8.18. The molecule has 4 atom stereocenters. The Kier molecular flexibility index (Phi) is 2.72. The molecule has 0 aromatic rings. The number of ketones is 1. The van der Waals surface area contributed by atoms with E-state index < -0.39 is 0 Å². The van der Waals surface area contributed by atoms with Crippen molar-refractivity contribution in [1.82, 2.24) is 0 Å². The molecule has 4 aliphatic rings. The van der Waals surface area contributed by atoms with Crippen molar-refractivity contribution in [3.63, 3.8) is 0 Å². The lowest BCUT2D eigenvalue weighted by Crippen LogP contribution is -2.43. The molecule has 0 aromatic heterocycles. The van der Waals surface area contributed by atoms with Gasteiger partial charge in [-0.1, -0.05) is 49.3 Å². The van der Waals surface area contributed by atoms with Gasteiger partial charge in [0.25, 0.3) is 0 Å². The third-order valence-corrected chi connectivity index (χ3v) is 7.15. The number of rotatable bonds is 0. The number of carbonyl (C=O) groups excluding carboxylic acids is 1. The monoisotopic (exact) mass is 282 g/mol. The van der Waals surface area contributed by atoms with E-state index >= 15 is 0 Å². The fourth-order valence-electron chi connectivity index (χ4n) is 5.66. The highest BCUT2D eigenvalue weighted by Crippen LogP contribution is 2.61. The molecule has 1 nitrogen and oxygen atoms in total. The molecule has 0 aliphatic heterocycles. The quantitative estimate of drug-likeness (QED) is 0.572. The molecule has 4 rings (SSSR count). The third kappa shape index (κ3) is 1.67. The van der Waals surface area contributed by atoms with Gasteiger partial charge >= 0.3 is 0 Å². The molecule has 2 saturated carbocycles. The number of carbonyl (C=O) groups is 1. The molecule has 0 aromatic carbocycles. The van der Waals surface area contributed by atoms with E-state index in [4.69, 9.17) is 0 Å². The summed E-state index contributed by atoms with van der Waals surface area (Å²) >= 11 is 0. The maximum absolute atomic E-state index is 12.4. The molecule has 21 heavy (non-hydrogen) atoms. The van der Waals surface area contributed by atoms with E-state index in [0.717, 1.165) is 32.1 Å². The van der Waals surface area contributed by atoms with Crippen molar-refractivity contribution < 1.29 is 4.79 Å². The van der Waals surface area contributed by atoms with Crippen LogP contribution in [0.15, 0.2) is 35.5 Å². The van der Waals surface area contributed by atoms with Crippen molar-refractivity contribution in [2.75, 3.05) is 0 Å². The van der Waals surface area contributed by atoms with Gasteiger partial charge in [0.2, 0.25) is 0 Å². The first-order valence-electron chi connectivity index (χ1n) is 8.55. The Hall–Kier alpha value is -1.11. The smallest absolute Gasteiger partial charge is 0.139 e. The van der Waals surface area contributed by atoms with Gasteiger partial charge in [-0.05, 0) is 50.4 Å². The normalized spacial score (nSPS) is 45.4. The van der Waals surface area contributed by atoms with E-state index in [-0.39, 0.29) is 10.8 Å². The highest BCUT2D eigenvalue weighted by atomic mass is 16.1. The van der Waals surface area contributed by atoms with E-state index in [1.807, 2.05) is 0 Å². The van der Waals surface area contributed by atoms with Crippen LogP contribution in [-0.4, -0.2) is 5.78 Å². The Morgan fingerprint density at radius 3 is 2.86 bits per heavy atom. The SMILES string of the molecule is C=C1CC[C@@]2(C)C(=CC[C@@H]3C2=CC[C@]2(C)C(=O)CC[C@@H]32)C1. The van der Waals surface area contributed by atoms with Crippen LogP contribution < -0.4 is 0 Å². The van der Waals surface area contributed by atoms with Gasteiger partial charge < -0.3 is 0 Å². The molecule has 0 heterocycles. The molecule has 0 radical (unpaired) electrons. The standard InChI is InChI=1S/C20H26O/c1-13-8-10-19(2)14(12-13)4-5-15-16-6-7-18(21)20(16,3)11-9-17(15)19/h4,9,15-16H,1,5-8,10-12H2,2-3H3/t15-,16-,19-,20-/m0/s1. The molecule has 4 aliphatic carbocycles. The topological polar surface area (TPSA) is 17.1 Å². The van der Waals surface area contributed by atoms with Gasteiger partial charge in [0.15, 0.2) is 0 Å². The maximum atomic E-state index is 12.4. The predicted molar refractivity (Wildman–Crippen MR) is 85.8 cm³/mol. The molecule has 0 bridgehead atoms. The summed E-state index contributed by atoms with van der Waals surface area (Å²) in [6, 6.07) is 0. The molecular formula is C20H26O. The van der Waals surface area contributed by atoms with Gasteiger partial charge in [-0.15, -0.1) is 0 Å². The van der Waals surface area contributed by atoms with Crippen molar-refractivity contribution in [3.05, 3.63) is 35.5 Å². The van der Waals surface area contributed by atoms with Crippen molar-refractivity contribution in [2.24, 2.45) is 22.7 Å². The van der Waals surface area contributed by atoms with Crippen LogP contribution in [0.2, 0.25) is 0 Å². The summed E-state index contributed by atoms with van der Waals surface area (Å²) < 4.78 is 0. The number of hydrogen-bond acceptors (Lipinski definition) is 1. The van der Waals surface area contributed by atoms with E-state index in [1.54, 1.807) is 11.1 Å². The molecular weight excluding hydrogens is 256 g/mol. The van der Waals surface area contributed by atoms with Crippen LogP contribution in [0.5, 0.6) is 0 Å². The summed E-state index contributed by atoms with van der Waals surface area (Å²) in [5.41, 5.74) is 4.87. The third-order valence-electron chi connectivity index (χ3n) is 7.15. The lowest BCUT2D eigenvalue weighted by molar-refractivity contribution is -0.127. The zero-order valence-corrected chi connectivity index (χ0v) is 13.4. The second-order valence-corrected chi connectivity index (χ2v) is 8.18. The van der Waals surface area contributed by atoms with Crippen LogP contribution in [0.4, 0.5) is 0 Å². The zero-order chi connectivity index (χ0) is 14.8. The van der Waals surface area contributed by atoms with Gasteiger partial charge in [0.1, 0.15) is 5.78 Å². The first-order valence-corrected chi connectivity index (χ1v) is 8.55. The van der Waals surface area contributed by atoms with E-state index in [2.05, 4.69) is 32.6 Å². The molecule has 2 fully saturated rings. The minimum atomic E-state index is -0.0614. The van der Waals surface area contributed by atoms with E-state index in [1.165, 1.54) is 18.4 Å². The highest BCUT2D eigenvalue weighted by Gasteiger charge is 2.55. The second kappa shape index (κ2) is 4.21. The van der Waals surface area contributed by atoms with Crippen LogP contribution in [0.25, 0.3) is 0 Å². The summed E-state index contributed by atoms with van der Waals surface area (Å²) in [5, 5.41) is 0. The van der Waals surface area contributed by atoms with Crippen molar-refractivity contribution in [2.45, 2.75) is 58.8 Å². The number of hydrogen-bond donors (Lipinski definition) is 0. The highest BCUT2D eigenvalue weighted by molar-refractivity contribution is 5.87. The fourth-order valence-corrected chi connectivity index (χ4v) is 5.66. The van der Waals surface area contributed by atoms with Gasteiger partial charge in [-0.2, -0.15) is 0 Å². The van der Waals surface area contributed by atoms with Crippen LogP contribution >= 0.6 is 0 Å². The predicted octanol–water partition coefficient (Wildman–Crippen LogP) is 4.99. The molecule has 0 spiro atoms. The average Bonchev–Trinajstić information content (AvgIpc) is 2.76. The number of Topliss-reactive ketones (excluding diaryl/α,β-unsaturated/α-hetero) is 1. The first-order chi connectivity index (χ1) is 9.95. The first kappa shape index (κ1) is 13.5. The zero-order valence-electron chi connectivity index (χ0n) is 13.4. The lowest BCUT2D eigenvalue weighted by atomic mass is 9.52. The minimum Gasteiger partial charge on any atom is -0.299 e. The summed E-state index contributed by atoms with van der Waals surface area (Å²) in [4.78, 5) is 12.4. The molecule has 0 N–H and O–H groups in total. The lowest BCUT2D eigenvalue weighted by Gasteiger charge is -2.51. The molecule has 112 valence electrons. The molecule has 0 saturated heterocycles. The average molecular weight is 282 g/mol. The van der Waals surface area contributed by atoms with Crippen molar-refractivity contribution in [1.29, 1.82) is 0 Å². The largest absolute Gasteiger partial charge is 0.299 e. The molecule has 1 heteroatoms. The Morgan fingerprint density at radius 1 is 1.24 bits per heavy atom. The Morgan fingerprint density at radius 2 is 2.05 bits per heavy atom. The van der Waals surface area contributed by atoms with Crippen molar-refractivity contribution >= 4 is 5.78 Å².